The molecule has 0 radical (unpaired) electrons. The van der Waals surface area contributed by atoms with Crippen LogP contribution >= 0.6 is 43.6 Å². The number of H-pyrrole nitrogens is 2. The van der Waals surface area contributed by atoms with Crippen molar-refractivity contribution in [1.82, 2.24) is 20.3 Å². The maximum atomic E-state index is 12.4. The van der Waals surface area contributed by atoms with Crippen molar-refractivity contribution in [3.05, 3.63) is 63.1 Å². The number of carbonyl (C=O) groups is 1. The lowest BCUT2D eigenvalue weighted by molar-refractivity contribution is 0.0941. The molecule has 1 aliphatic rings. The third-order valence-corrected chi connectivity index (χ3v) is 7.77. The smallest absolute Gasteiger partial charge is 0.267 e. The zero-order valence-electron chi connectivity index (χ0n) is 15.0. The van der Waals surface area contributed by atoms with Crippen molar-refractivity contribution in [3.63, 3.8) is 0 Å². The summed E-state index contributed by atoms with van der Waals surface area (Å²) < 4.78 is 1.62. The Bertz CT molecular complexity index is 937. The number of halogens is 2. The number of aromatic nitrogens is 3. The van der Waals surface area contributed by atoms with Crippen molar-refractivity contribution >= 4 is 49.5 Å². The van der Waals surface area contributed by atoms with Gasteiger partial charge in [0.15, 0.2) is 5.16 Å². The minimum atomic E-state index is -0.0815. The Morgan fingerprint density at radius 2 is 2.04 bits per heavy atom. The summed E-state index contributed by atoms with van der Waals surface area (Å²) >= 11 is 8.41. The van der Waals surface area contributed by atoms with E-state index in [9.17, 15) is 4.79 Å². The van der Waals surface area contributed by atoms with Crippen molar-refractivity contribution < 1.29 is 4.79 Å². The SMILES string of the molecule is O=C(NC[C@@H]1CCC[C@@H]1c1cnc(Sc2ccccc2)[nH]1)c1cc(Br)c(Br)[nH]1. The summed E-state index contributed by atoms with van der Waals surface area (Å²) in [6.45, 7) is 0.665. The molecule has 5 nitrogen and oxygen atoms in total. The minimum Gasteiger partial charge on any atom is -0.350 e. The van der Waals surface area contributed by atoms with E-state index in [1.165, 1.54) is 17.0 Å². The van der Waals surface area contributed by atoms with Crippen LogP contribution in [-0.2, 0) is 0 Å². The van der Waals surface area contributed by atoms with Crippen molar-refractivity contribution in [2.75, 3.05) is 6.54 Å². The number of nitrogens with zero attached hydrogens (tertiary/aromatic N) is 1. The molecule has 0 unspecified atom stereocenters. The molecule has 1 aromatic carbocycles. The van der Waals surface area contributed by atoms with Crippen LogP contribution in [0.15, 0.2) is 61.7 Å². The van der Waals surface area contributed by atoms with Crippen LogP contribution in [0.4, 0.5) is 0 Å². The van der Waals surface area contributed by atoms with E-state index in [2.05, 4.69) is 64.3 Å². The summed E-state index contributed by atoms with van der Waals surface area (Å²) in [5.74, 6) is 0.739. The monoisotopic (exact) mass is 522 g/mol. The highest BCUT2D eigenvalue weighted by molar-refractivity contribution is 9.13. The van der Waals surface area contributed by atoms with Gasteiger partial charge in [-0.15, -0.1) is 0 Å². The van der Waals surface area contributed by atoms with E-state index in [1.54, 1.807) is 17.8 Å². The van der Waals surface area contributed by atoms with Gasteiger partial charge in [-0.25, -0.2) is 4.98 Å². The first-order valence-corrected chi connectivity index (χ1v) is 11.6. The van der Waals surface area contributed by atoms with Crippen LogP contribution in [0.25, 0.3) is 0 Å². The van der Waals surface area contributed by atoms with E-state index in [4.69, 9.17) is 0 Å². The number of benzene rings is 1. The summed E-state index contributed by atoms with van der Waals surface area (Å²) in [5, 5.41) is 3.99. The van der Waals surface area contributed by atoms with Gasteiger partial charge in [0.05, 0.1) is 9.08 Å². The van der Waals surface area contributed by atoms with Gasteiger partial charge < -0.3 is 15.3 Å². The second kappa shape index (κ2) is 8.88. The lowest BCUT2D eigenvalue weighted by atomic mass is 9.93. The third-order valence-electron chi connectivity index (χ3n) is 5.08. The third kappa shape index (κ3) is 4.55. The molecule has 1 amide bonds. The van der Waals surface area contributed by atoms with Crippen LogP contribution in [0.3, 0.4) is 0 Å². The van der Waals surface area contributed by atoms with Gasteiger partial charge in [-0.3, -0.25) is 4.79 Å². The van der Waals surface area contributed by atoms with Crippen molar-refractivity contribution in [3.8, 4) is 0 Å². The topological polar surface area (TPSA) is 73.6 Å². The van der Waals surface area contributed by atoms with Crippen LogP contribution in [0.5, 0.6) is 0 Å². The summed E-state index contributed by atoms with van der Waals surface area (Å²) in [5.41, 5.74) is 1.72. The molecule has 0 saturated heterocycles. The van der Waals surface area contributed by atoms with Gasteiger partial charge in [-0.05, 0) is 68.8 Å². The average molecular weight is 524 g/mol. The molecule has 146 valence electrons. The largest absolute Gasteiger partial charge is 0.350 e. The molecule has 3 aromatic rings. The number of aromatic amines is 2. The molecule has 1 fully saturated rings. The molecule has 2 aromatic heterocycles. The minimum absolute atomic E-state index is 0.0815. The highest BCUT2D eigenvalue weighted by Gasteiger charge is 2.30. The van der Waals surface area contributed by atoms with Crippen molar-refractivity contribution in [1.29, 1.82) is 0 Å². The highest BCUT2D eigenvalue weighted by atomic mass is 79.9. The molecule has 1 aliphatic carbocycles. The van der Waals surface area contributed by atoms with Crippen LogP contribution < -0.4 is 5.32 Å². The molecular formula is C20H20Br2N4OS. The summed E-state index contributed by atoms with van der Waals surface area (Å²) in [4.78, 5) is 24.6. The summed E-state index contributed by atoms with van der Waals surface area (Å²) in [6, 6.07) is 12.0. The zero-order chi connectivity index (χ0) is 19.5. The van der Waals surface area contributed by atoms with E-state index < -0.39 is 0 Å². The van der Waals surface area contributed by atoms with Gasteiger partial charge in [0, 0.05) is 29.2 Å². The van der Waals surface area contributed by atoms with Crippen molar-refractivity contribution in [2.45, 2.75) is 35.2 Å². The summed E-state index contributed by atoms with van der Waals surface area (Å²) in [7, 11) is 0. The number of hydrogen-bond donors (Lipinski definition) is 3. The van der Waals surface area contributed by atoms with Gasteiger partial charge in [-0.1, -0.05) is 36.4 Å². The summed E-state index contributed by atoms with van der Waals surface area (Å²) in [6.07, 6.45) is 5.36. The molecule has 2 atom stereocenters. The van der Waals surface area contributed by atoms with Crippen LogP contribution in [-0.4, -0.2) is 27.4 Å². The predicted molar refractivity (Wildman–Crippen MR) is 118 cm³/mol. The van der Waals surface area contributed by atoms with Crippen LogP contribution in [0, 0.1) is 5.92 Å². The van der Waals surface area contributed by atoms with E-state index in [-0.39, 0.29) is 5.91 Å². The fourth-order valence-electron chi connectivity index (χ4n) is 3.69. The molecule has 8 heteroatoms. The number of amides is 1. The lowest BCUT2D eigenvalue weighted by Crippen LogP contribution is -2.30. The Morgan fingerprint density at radius 3 is 2.79 bits per heavy atom. The molecule has 0 bridgehead atoms. The Labute approximate surface area is 184 Å². The molecule has 3 N–H and O–H groups in total. The van der Waals surface area contributed by atoms with E-state index >= 15 is 0 Å². The Balaban J connectivity index is 1.37. The Kier molecular flexibility index (Phi) is 6.28. The normalized spacial score (nSPS) is 19.1. The van der Waals surface area contributed by atoms with Gasteiger partial charge in [0.25, 0.3) is 5.91 Å². The van der Waals surface area contributed by atoms with Crippen LogP contribution in [0.2, 0.25) is 0 Å². The number of rotatable bonds is 6. The quantitative estimate of drug-likeness (QED) is 0.386. The Hall–Kier alpha value is -1.51. The maximum absolute atomic E-state index is 12.4. The van der Waals surface area contributed by atoms with Gasteiger partial charge >= 0.3 is 0 Å². The number of carbonyl (C=O) groups excluding carboxylic acids is 1. The molecule has 2 heterocycles. The number of nitrogens with one attached hydrogen (secondary N) is 3. The highest BCUT2D eigenvalue weighted by Crippen LogP contribution is 2.39. The molecular weight excluding hydrogens is 504 g/mol. The molecule has 0 aliphatic heterocycles. The van der Waals surface area contributed by atoms with E-state index in [1.807, 2.05) is 24.4 Å². The first kappa shape index (κ1) is 19.8. The first-order valence-electron chi connectivity index (χ1n) is 9.20. The van der Waals surface area contributed by atoms with Crippen LogP contribution in [0.1, 0.15) is 41.4 Å². The van der Waals surface area contributed by atoms with E-state index in [0.29, 0.717) is 24.1 Å². The van der Waals surface area contributed by atoms with E-state index in [0.717, 1.165) is 27.1 Å². The number of imidazole rings is 1. The first-order chi connectivity index (χ1) is 13.6. The number of hydrogen-bond acceptors (Lipinski definition) is 3. The second-order valence-electron chi connectivity index (χ2n) is 6.91. The van der Waals surface area contributed by atoms with Gasteiger partial charge in [0.2, 0.25) is 0 Å². The molecule has 1 saturated carbocycles. The second-order valence-corrected chi connectivity index (χ2v) is 9.62. The molecule has 0 spiro atoms. The maximum Gasteiger partial charge on any atom is 0.267 e. The zero-order valence-corrected chi connectivity index (χ0v) is 19.0. The average Bonchev–Trinajstić information content (AvgIpc) is 3.41. The molecule has 28 heavy (non-hydrogen) atoms. The standard InChI is InChI=1S/C20H20Br2N4OS/c21-15-9-16(25-18(15)22)19(27)23-10-12-5-4-8-14(12)17-11-24-20(26-17)28-13-6-2-1-3-7-13/h1-3,6-7,9,11-12,14,25H,4-5,8,10H2,(H,23,27)(H,24,26)/t12-,14-/m0/s1. The fraction of sp³-hybridized carbons (Fsp3) is 0.300. The Morgan fingerprint density at radius 1 is 1.21 bits per heavy atom. The van der Waals surface area contributed by atoms with Gasteiger partial charge in [0.1, 0.15) is 5.69 Å². The fourth-order valence-corrected chi connectivity index (χ4v) is 5.14. The van der Waals surface area contributed by atoms with Gasteiger partial charge in [-0.2, -0.15) is 0 Å². The molecule has 4 rings (SSSR count). The predicted octanol–water partition coefficient (Wildman–Crippen LogP) is 5.73. The van der Waals surface area contributed by atoms with Crippen molar-refractivity contribution in [2.24, 2.45) is 5.92 Å². The lowest BCUT2D eigenvalue weighted by Gasteiger charge is -2.18.